The summed E-state index contributed by atoms with van der Waals surface area (Å²) in [5, 5.41) is 0.469. The van der Waals surface area contributed by atoms with E-state index in [0.717, 1.165) is 58.2 Å². The molecule has 4 heterocycles. The minimum Gasteiger partial charge on any atom is -0.341 e. The fourth-order valence-electron chi connectivity index (χ4n) is 4.40. The van der Waals surface area contributed by atoms with Crippen molar-refractivity contribution >= 4 is 33.4 Å². The molecule has 8 heteroatoms. The largest absolute Gasteiger partial charge is 0.341 e. The molecule has 7 nitrogen and oxygen atoms in total. The number of rotatable bonds is 3. The molecule has 29 heavy (non-hydrogen) atoms. The van der Waals surface area contributed by atoms with E-state index in [2.05, 4.69) is 11.9 Å². The van der Waals surface area contributed by atoms with Gasteiger partial charge < -0.3 is 9.80 Å². The molecule has 0 N–H and O–H groups in total. The Bertz CT molecular complexity index is 990. The first-order valence-electron chi connectivity index (χ1n) is 10.5. The van der Waals surface area contributed by atoms with Gasteiger partial charge in [0.1, 0.15) is 11.4 Å². The van der Waals surface area contributed by atoms with Crippen LogP contribution in [0.1, 0.15) is 60.7 Å². The standard InChI is InChI=1S/C21H28N4O3S/c1-14-8-4-7-11-25(14)21(28)18-15(2)17-19(29-18)22-13-24(20(17)27)12-16(26)23-9-5-3-6-10-23/h13-14H,3-12H2,1-2H3. The average molecular weight is 417 g/mol. The van der Waals surface area contributed by atoms with Crippen LogP contribution in [-0.2, 0) is 11.3 Å². The van der Waals surface area contributed by atoms with Gasteiger partial charge in [0.2, 0.25) is 5.91 Å². The maximum absolute atomic E-state index is 13.1. The van der Waals surface area contributed by atoms with Crippen LogP contribution in [0.2, 0.25) is 0 Å². The fraction of sp³-hybridized carbons (Fsp3) is 0.619. The Balaban J connectivity index is 1.62. The van der Waals surface area contributed by atoms with E-state index >= 15 is 0 Å². The molecular weight excluding hydrogens is 388 g/mol. The predicted molar refractivity (Wildman–Crippen MR) is 113 cm³/mol. The first-order valence-corrected chi connectivity index (χ1v) is 11.4. The van der Waals surface area contributed by atoms with Gasteiger partial charge in [-0.25, -0.2) is 4.98 Å². The van der Waals surface area contributed by atoms with Gasteiger partial charge in [0, 0.05) is 25.7 Å². The summed E-state index contributed by atoms with van der Waals surface area (Å²) < 4.78 is 1.39. The number of hydrogen-bond donors (Lipinski definition) is 0. The first-order chi connectivity index (χ1) is 14.0. The Labute approximate surface area is 174 Å². The molecule has 2 saturated heterocycles. The van der Waals surface area contributed by atoms with Crippen molar-refractivity contribution in [1.82, 2.24) is 19.4 Å². The van der Waals surface area contributed by atoms with Gasteiger partial charge in [-0.3, -0.25) is 19.0 Å². The van der Waals surface area contributed by atoms with Gasteiger partial charge in [0.25, 0.3) is 11.5 Å². The maximum Gasteiger partial charge on any atom is 0.264 e. The van der Waals surface area contributed by atoms with Crippen LogP contribution >= 0.6 is 11.3 Å². The molecule has 0 aromatic carbocycles. The van der Waals surface area contributed by atoms with Gasteiger partial charge in [-0.05, 0) is 57.9 Å². The molecule has 2 fully saturated rings. The van der Waals surface area contributed by atoms with E-state index in [-0.39, 0.29) is 30.0 Å². The van der Waals surface area contributed by atoms with Gasteiger partial charge in [0.05, 0.1) is 16.6 Å². The van der Waals surface area contributed by atoms with Crippen LogP contribution in [0.25, 0.3) is 10.2 Å². The third-order valence-corrected chi connectivity index (χ3v) is 7.38. The van der Waals surface area contributed by atoms with E-state index in [4.69, 9.17) is 0 Å². The second kappa shape index (κ2) is 8.26. The number of fused-ring (bicyclic) bond motifs is 1. The normalized spacial score (nSPS) is 20.3. The number of aryl methyl sites for hydroxylation is 1. The van der Waals surface area contributed by atoms with Crippen LogP contribution in [0, 0.1) is 6.92 Å². The highest BCUT2D eigenvalue weighted by atomic mass is 32.1. The maximum atomic E-state index is 13.1. The lowest BCUT2D eigenvalue weighted by Gasteiger charge is -2.33. The van der Waals surface area contributed by atoms with Gasteiger partial charge in [-0.15, -0.1) is 11.3 Å². The molecule has 156 valence electrons. The highest BCUT2D eigenvalue weighted by Crippen LogP contribution is 2.30. The van der Waals surface area contributed by atoms with Crippen molar-refractivity contribution in [3.63, 3.8) is 0 Å². The van der Waals surface area contributed by atoms with Crippen LogP contribution in [0.3, 0.4) is 0 Å². The average Bonchev–Trinajstić information content (AvgIpc) is 3.07. The topological polar surface area (TPSA) is 75.5 Å². The number of thiophene rings is 1. The number of carbonyl (C=O) groups excluding carboxylic acids is 2. The summed E-state index contributed by atoms with van der Waals surface area (Å²) in [4.78, 5) is 48.1. The van der Waals surface area contributed by atoms with Crippen molar-refractivity contribution < 1.29 is 9.59 Å². The molecule has 1 atom stereocenters. The quantitative estimate of drug-likeness (QED) is 0.771. The van der Waals surface area contributed by atoms with Gasteiger partial charge in [-0.1, -0.05) is 0 Å². The minimum absolute atomic E-state index is 0.00347. The lowest BCUT2D eigenvalue weighted by Crippen LogP contribution is -2.42. The third kappa shape index (κ3) is 3.82. The van der Waals surface area contributed by atoms with Crippen molar-refractivity contribution in [2.24, 2.45) is 0 Å². The molecule has 0 spiro atoms. The number of piperidine rings is 2. The molecule has 2 aliphatic rings. The Hall–Kier alpha value is -2.22. The molecule has 2 amide bonds. The number of carbonyl (C=O) groups is 2. The molecule has 2 aromatic heterocycles. The number of hydrogen-bond acceptors (Lipinski definition) is 5. The van der Waals surface area contributed by atoms with Crippen LogP contribution in [0.5, 0.6) is 0 Å². The van der Waals surface area contributed by atoms with Crippen LogP contribution in [0.15, 0.2) is 11.1 Å². The molecule has 2 aromatic rings. The minimum atomic E-state index is -0.236. The van der Waals surface area contributed by atoms with Gasteiger partial charge in [0.15, 0.2) is 0 Å². The van der Waals surface area contributed by atoms with E-state index in [9.17, 15) is 14.4 Å². The van der Waals surface area contributed by atoms with Crippen LogP contribution in [0.4, 0.5) is 0 Å². The molecule has 0 bridgehead atoms. The lowest BCUT2D eigenvalue weighted by molar-refractivity contribution is -0.132. The molecule has 4 rings (SSSR count). The zero-order chi connectivity index (χ0) is 20.5. The molecular formula is C21H28N4O3S. The zero-order valence-electron chi connectivity index (χ0n) is 17.1. The van der Waals surface area contributed by atoms with Crippen molar-refractivity contribution in [1.29, 1.82) is 0 Å². The zero-order valence-corrected chi connectivity index (χ0v) is 18.0. The fourth-order valence-corrected chi connectivity index (χ4v) is 5.49. The smallest absolute Gasteiger partial charge is 0.264 e. The van der Waals surface area contributed by atoms with E-state index in [1.807, 2.05) is 16.7 Å². The Morgan fingerprint density at radius 1 is 1.14 bits per heavy atom. The van der Waals surface area contributed by atoms with Gasteiger partial charge >= 0.3 is 0 Å². The Morgan fingerprint density at radius 2 is 1.86 bits per heavy atom. The van der Waals surface area contributed by atoms with Crippen molar-refractivity contribution in [2.45, 2.75) is 65.0 Å². The summed E-state index contributed by atoms with van der Waals surface area (Å²) in [7, 11) is 0. The molecule has 1 unspecified atom stereocenters. The SMILES string of the molecule is Cc1c(C(=O)N2CCCCC2C)sc2ncn(CC(=O)N3CCCCC3)c(=O)c12. The van der Waals surface area contributed by atoms with E-state index < -0.39 is 0 Å². The summed E-state index contributed by atoms with van der Waals surface area (Å²) in [5.74, 6) is -0.0488. The number of nitrogens with zero attached hydrogens (tertiary/aromatic N) is 4. The van der Waals surface area contributed by atoms with Crippen molar-refractivity contribution in [3.8, 4) is 0 Å². The Kier molecular flexibility index (Phi) is 5.72. The second-order valence-electron chi connectivity index (χ2n) is 8.20. The first kappa shape index (κ1) is 20.1. The summed E-state index contributed by atoms with van der Waals surface area (Å²) in [5.41, 5.74) is 0.449. The molecule has 2 aliphatic heterocycles. The summed E-state index contributed by atoms with van der Waals surface area (Å²) in [6.45, 7) is 6.18. The second-order valence-corrected chi connectivity index (χ2v) is 9.20. The third-order valence-electron chi connectivity index (χ3n) is 6.19. The number of likely N-dealkylation sites (tertiary alicyclic amines) is 2. The predicted octanol–water partition coefficient (Wildman–Crippen LogP) is 2.79. The molecule has 0 radical (unpaired) electrons. The number of amides is 2. The lowest BCUT2D eigenvalue weighted by atomic mass is 10.0. The van der Waals surface area contributed by atoms with Crippen molar-refractivity contribution in [3.05, 3.63) is 27.1 Å². The van der Waals surface area contributed by atoms with E-state index in [1.54, 1.807) is 0 Å². The monoisotopic (exact) mass is 416 g/mol. The molecule has 0 saturated carbocycles. The Morgan fingerprint density at radius 3 is 2.59 bits per heavy atom. The van der Waals surface area contributed by atoms with Crippen LogP contribution < -0.4 is 5.56 Å². The summed E-state index contributed by atoms with van der Waals surface area (Å²) in [6.07, 6.45) is 7.80. The summed E-state index contributed by atoms with van der Waals surface area (Å²) in [6, 6.07) is 0.215. The number of aromatic nitrogens is 2. The van der Waals surface area contributed by atoms with Gasteiger partial charge in [-0.2, -0.15) is 0 Å². The van der Waals surface area contributed by atoms with E-state index in [0.29, 0.717) is 20.7 Å². The van der Waals surface area contributed by atoms with Crippen molar-refractivity contribution in [2.75, 3.05) is 19.6 Å². The summed E-state index contributed by atoms with van der Waals surface area (Å²) >= 11 is 1.29. The molecule has 0 aliphatic carbocycles. The van der Waals surface area contributed by atoms with E-state index in [1.165, 1.54) is 22.2 Å². The van der Waals surface area contributed by atoms with Crippen LogP contribution in [-0.4, -0.2) is 56.8 Å². The highest BCUT2D eigenvalue weighted by molar-refractivity contribution is 7.20. The highest BCUT2D eigenvalue weighted by Gasteiger charge is 2.28.